The van der Waals surface area contributed by atoms with Crippen molar-refractivity contribution in [3.63, 3.8) is 0 Å². The minimum Gasteiger partial charge on any atom is -0.462 e. The minimum atomic E-state index is -0.363. The number of nitrogens with one attached hydrogen (secondary N) is 1. The molecule has 0 amide bonds. The molecule has 1 aliphatic rings. The van der Waals surface area contributed by atoms with Crippen LogP contribution in [0.1, 0.15) is 49.2 Å². The molecule has 104 valence electrons. The Morgan fingerprint density at radius 2 is 2.32 bits per heavy atom. The maximum absolute atomic E-state index is 11.6. The van der Waals surface area contributed by atoms with Crippen molar-refractivity contribution in [1.82, 2.24) is 9.97 Å². The Morgan fingerprint density at radius 1 is 1.58 bits per heavy atom. The number of carbonyl (C=O) groups is 1. The molecule has 1 aromatic rings. The second-order valence-electron chi connectivity index (χ2n) is 5.14. The van der Waals surface area contributed by atoms with Crippen molar-refractivity contribution in [2.45, 2.75) is 46.1 Å². The van der Waals surface area contributed by atoms with Gasteiger partial charge in [0.1, 0.15) is 0 Å². The number of aryl methyl sites for hydroxylation is 1. The summed E-state index contributed by atoms with van der Waals surface area (Å²) in [7, 11) is 0. The van der Waals surface area contributed by atoms with Crippen molar-refractivity contribution < 1.29 is 9.53 Å². The van der Waals surface area contributed by atoms with Gasteiger partial charge in [-0.2, -0.15) is 0 Å². The fourth-order valence-corrected chi connectivity index (χ4v) is 2.08. The van der Waals surface area contributed by atoms with Crippen LogP contribution in [0.5, 0.6) is 0 Å². The molecule has 1 aliphatic carbocycles. The third-order valence-electron chi connectivity index (χ3n) is 3.23. The number of nitrogens with zero attached hydrogens (tertiary/aromatic N) is 2. The van der Waals surface area contributed by atoms with E-state index in [1.54, 1.807) is 13.8 Å². The molecule has 5 heteroatoms. The predicted molar refractivity (Wildman–Crippen MR) is 73.2 cm³/mol. The highest BCUT2D eigenvalue weighted by Gasteiger charge is 2.24. The van der Waals surface area contributed by atoms with Crippen LogP contribution in [0, 0.1) is 12.8 Å². The average Bonchev–Trinajstić information content (AvgIpc) is 3.13. The van der Waals surface area contributed by atoms with Crippen LogP contribution in [0.25, 0.3) is 0 Å². The molecule has 1 atom stereocenters. The van der Waals surface area contributed by atoms with Gasteiger partial charge in [0, 0.05) is 12.2 Å². The third kappa shape index (κ3) is 3.91. The Bertz CT molecular complexity index is 458. The van der Waals surface area contributed by atoms with Gasteiger partial charge < -0.3 is 10.1 Å². The molecule has 1 N–H and O–H groups in total. The summed E-state index contributed by atoms with van der Waals surface area (Å²) in [4.78, 5) is 20.1. The van der Waals surface area contributed by atoms with E-state index in [1.807, 2.05) is 0 Å². The quantitative estimate of drug-likeness (QED) is 0.799. The van der Waals surface area contributed by atoms with Crippen LogP contribution in [0.15, 0.2) is 6.20 Å². The molecule has 0 bridgehead atoms. The smallest absolute Gasteiger partial charge is 0.341 e. The van der Waals surface area contributed by atoms with Gasteiger partial charge >= 0.3 is 5.97 Å². The van der Waals surface area contributed by atoms with Gasteiger partial charge in [-0.3, -0.25) is 0 Å². The van der Waals surface area contributed by atoms with E-state index in [-0.39, 0.29) is 5.97 Å². The molecule has 5 nitrogen and oxygen atoms in total. The zero-order valence-electron chi connectivity index (χ0n) is 11.8. The van der Waals surface area contributed by atoms with Gasteiger partial charge in [0.15, 0.2) is 0 Å². The van der Waals surface area contributed by atoms with E-state index in [1.165, 1.54) is 19.0 Å². The molecule has 1 heterocycles. The van der Waals surface area contributed by atoms with Gasteiger partial charge in [0.2, 0.25) is 5.95 Å². The predicted octanol–water partition coefficient (Wildman–Crippen LogP) is 2.56. The normalized spacial score (nSPS) is 15.9. The number of carbonyl (C=O) groups excluding carboxylic acids is 1. The lowest BCUT2D eigenvalue weighted by Gasteiger charge is -2.14. The Morgan fingerprint density at radius 3 is 2.89 bits per heavy atom. The molecule has 0 aromatic carbocycles. The van der Waals surface area contributed by atoms with Gasteiger partial charge in [0.05, 0.1) is 17.9 Å². The molecule has 1 unspecified atom stereocenters. The molecule has 2 rings (SSSR count). The Labute approximate surface area is 113 Å². The van der Waals surface area contributed by atoms with Gasteiger partial charge in [-0.05, 0) is 33.1 Å². The monoisotopic (exact) mass is 263 g/mol. The lowest BCUT2D eigenvalue weighted by molar-refractivity contribution is 0.0524. The second-order valence-corrected chi connectivity index (χ2v) is 5.14. The minimum absolute atomic E-state index is 0.358. The van der Waals surface area contributed by atoms with Crippen molar-refractivity contribution in [3.05, 3.63) is 17.5 Å². The zero-order valence-corrected chi connectivity index (χ0v) is 11.8. The summed E-state index contributed by atoms with van der Waals surface area (Å²) in [5, 5.41) is 3.28. The van der Waals surface area contributed by atoms with Crippen molar-refractivity contribution >= 4 is 11.9 Å². The number of ether oxygens (including phenoxy) is 1. The Hall–Kier alpha value is -1.65. The number of hydrogen-bond acceptors (Lipinski definition) is 5. The number of esters is 1. The van der Waals surface area contributed by atoms with E-state index in [0.717, 1.165) is 12.3 Å². The maximum Gasteiger partial charge on any atom is 0.341 e. The van der Waals surface area contributed by atoms with Crippen LogP contribution in [0.3, 0.4) is 0 Å². The lowest BCUT2D eigenvalue weighted by atomic mass is 10.2. The SMILES string of the molecule is CCOC(=O)c1cnc(NC(C)CC2CC2)nc1C. The van der Waals surface area contributed by atoms with Crippen LogP contribution in [0.2, 0.25) is 0 Å². The summed E-state index contributed by atoms with van der Waals surface area (Å²) in [5.74, 6) is 1.08. The summed E-state index contributed by atoms with van der Waals surface area (Å²) < 4.78 is 4.95. The number of aromatic nitrogens is 2. The van der Waals surface area contributed by atoms with Gasteiger partial charge in [-0.15, -0.1) is 0 Å². The van der Waals surface area contributed by atoms with Crippen LogP contribution in [-0.2, 0) is 4.74 Å². The van der Waals surface area contributed by atoms with Crippen molar-refractivity contribution in [2.24, 2.45) is 5.92 Å². The molecule has 1 saturated carbocycles. The topological polar surface area (TPSA) is 64.1 Å². The van der Waals surface area contributed by atoms with Crippen molar-refractivity contribution in [3.8, 4) is 0 Å². The molecule has 0 spiro atoms. The molecule has 0 aliphatic heterocycles. The van der Waals surface area contributed by atoms with Crippen LogP contribution >= 0.6 is 0 Å². The van der Waals surface area contributed by atoms with E-state index in [9.17, 15) is 4.79 Å². The third-order valence-corrected chi connectivity index (χ3v) is 3.23. The van der Waals surface area contributed by atoms with E-state index < -0.39 is 0 Å². The summed E-state index contributed by atoms with van der Waals surface area (Å²) >= 11 is 0. The molecular formula is C14H21N3O2. The first-order valence-electron chi connectivity index (χ1n) is 6.87. The molecule has 1 fully saturated rings. The fraction of sp³-hybridized carbons (Fsp3) is 0.643. The highest BCUT2D eigenvalue weighted by Crippen LogP contribution is 2.33. The van der Waals surface area contributed by atoms with Crippen molar-refractivity contribution in [1.29, 1.82) is 0 Å². The fourth-order valence-electron chi connectivity index (χ4n) is 2.08. The first-order valence-corrected chi connectivity index (χ1v) is 6.87. The highest BCUT2D eigenvalue weighted by atomic mass is 16.5. The molecule has 19 heavy (non-hydrogen) atoms. The van der Waals surface area contributed by atoms with Gasteiger partial charge in [0.25, 0.3) is 0 Å². The Kier molecular flexibility index (Phi) is 4.35. The largest absolute Gasteiger partial charge is 0.462 e. The van der Waals surface area contributed by atoms with E-state index in [0.29, 0.717) is 29.9 Å². The van der Waals surface area contributed by atoms with Gasteiger partial charge in [-0.25, -0.2) is 14.8 Å². The second kappa shape index (κ2) is 5.99. The molecule has 0 radical (unpaired) electrons. The molecular weight excluding hydrogens is 242 g/mol. The summed E-state index contributed by atoms with van der Waals surface area (Å²) in [6, 6.07) is 0.361. The summed E-state index contributed by atoms with van der Waals surface area (Å²) in [6.45, 7) is 6.07. The highest BCUT2D eigenvalue weighted by molar-refractivity contribution is 5.90. The van der Waals surface area contributed by atoms with E-state index >= 15 is 0 Å². The Balaban J connectivity index is 1.98. The van der Waals surface area contributed by atoms with E-state index in [2.05, 4.69) is 22.2 Å². The van der Waals surface area contributed by atoms with E-state index in [4.69, 9.17) is 4.74 Å². The lowest BCUT2D eigenvalue weighted by Crippen LogP contribution is -2.19. The first-order chi connectivity index (χ1) is 9.10. The van der Waals surface area contributed by atoms with Gasteiger partial charge in [-0.1, -0.05) is 12.8 Å². The summed E-state index contributed by atoms with van der Waals surface area (Å²) in [6.07, 6.45) is 5.37. The first kappa shape index (κ1) is 13.8. The zero-order chi connectivity index (χ0) is 13.8. The van der Waals surface area contributed by atoms with Crippen LogP contribution in [-0.4, -0.2) is 28.6 Å². The number of hydrogen-bond donors (Lipinski definition) is 1. The number of rotatable bonds is 6. The van der Waals surface area contributed by atoms with Crippen LogP contribution < -0.4 is 5.32 Å². The van der Waals surface area contributed by atoms with Crippen LogP contribution in [0.4, 0.5) is 5.95 Å². The van der Waals surface area contributed by atoms with Crippen molar-refractivity contribution in [2.75, 3.05) is 11.9 Å². The maximum atomic E-state index is 11.6. The number of anilines is 1. The summed E-state index contributed by atoms with van der Waals surface area (Å²) in [5.41, 5.74) is 1.08. The standard InChI is InChI=1S/C14H21N3O2/c1-4-19-13(18)12-8-15-14(17-10(12)3)16-9(2)7-11-5-6-11/h8-9,11H,4-7H2,1-3H3,(H,15,16,17). The average molecular weight is 263 g/mol. The molecule has 1 aromatic heterocycles. The molecule has 0 saturated heterocycles.